The lowest BCUT2D eigenvalue weighted by atomic mass is 10.1. The second kappa shape index (κ2) is 7.56. The van der Waals surface area contributed by atoms with E-state index in [-0.39, 0.29) is 27.4 Å². The lowest BCUT2D eigenvalue weighted by Gasteiger charge is -2.18. The van der Waals surface area contributed by atoms with Crippen molar-refractivity contribution in [1.82, 2.24) is 14.5 Å². The minimum absolute atomic E-state index is 0.115. The summed E-state index contributed by atoms with van der Waals surface area (Å²) in [5.74, 6) is 0.581. The van der Waals surface area contributed by atoms with Crippen LogP contribution in [0.4, 0.5) is 8.78 Å². The van der Waals surface area contributed by atoms with Crippen molar-refractivity contribution in [3.8, 4) is 17.0 Å². The van der Waals surface area contributed by atoms with Crippen LogP contribution < -0.4 is 10.3 Å². The summed E-state index contributed by atoms with van der Waals surface area (Å²) in [6, 6.07) is 8.10. The molecule has 2 aromatic heterocycles. The molecular formula is C19H19F2N3O2S. The Kier molecular flexibility index (Phi) is 5.36. The van der Waals surface area contributed by atoms with Gasteiger partial charge in [0.05, 0.1) is 18.2 Å². The summed E-state index contributed by atoms with van der Waals surface area (Å²) < 4.78 is 34.6. The molecule has 8 heteroatoms. The molecule has 0 aliphatic heterocycles. The van der Waals surface area contributed by atoms with Crippen LogP contribution in [-0.2, 0) is 0 Å². The van der Waals surface area contributed by atoms with Crippen LogP contribution in [0.2, 0.25) is 0 Å². The molecule has 1 aromatic carbocycles. The second-order valence-electron chi connectivity index (χ2n) is 6.21. The van der Waals surface area contributed by atoms with Gasteiger partial charge in [0.15, 0.2) is 4.77 Å². The number of ether oxygens (including phenoxy) is 1. The lowest BCUT2D eigenvalue weighted by molar-refractivity contribution is 0.153. The van der Waals surface area contributed by atoms with Crippen LogP contribution in [0, 0.1) is 4.77 Å². The van der Waals surface area contributed by atoms with Gasteiger partial charge in [-0.25, -0.2) is 13.8 Å². The Labute approximate surface area is 159 Å². The van der Waals surface area contributed by atoms with E-state index in [4.69, 9.17) is 17.0 Å². The topological polar surface area (TPSA) is 59.9 Å². The Morgan fingerprint density at radius 1 is 1.33 bits per heavy atom. The lowest BCUT2D eigenvalue weighted by Crippen LogP contribution is -2.19. The number of H-pyrrole nitrogens is 1. The maximum absolute atomic E-state index is 13.8. The first-order valence-electron chi connectivity index (χ1n) is 8.49. The number of nitrogens with one attached hydrogen (secondary N) is 1. The van der Waals surface area contributed by atoms with Crippen molar-refractivity contribution in [3.63, 3.8) is 0 Å². The van der Waals surface area contributed by atoms with Gasteiger partial charge >= 0.3 is 0 Å². The number of aromatic amines is 1. The average Bonchev–Trinajstić information content (AvgIpc) is 2.66. The van der Waals surface area contributed by atoms with Gasteiger partial charge in [-0.05, 0) is 43.8 Å². The van der Waals surface area contributed by atoms with Crippen LogP contribution in [0.3, 0.4) is 0 Å². The number of benzene rings is 1. The fourth-order valence-electron chi connectivity index (χ4n) is 2.97. The Morgan fingerprint density at radius 3 is 2.70 bits per heavy atom. The first-order valence-corrected chi connectivity index (χ1v) is 8.90. The Balaban J connectivity index is 2.44. The molecule has 0 radical (unpaired) electrons. The van der Waals surface area contributed by atoms with Crippen molar-refractivity contribution in [3.05, 3.63) is 51.0 Å². The number of hydrogen-bond donors (Lipinski definition) is 1. The fourth-order valence-corrected chi connectivity index (χ4v) is 3.33. The highest BCUT2D eigenvalue weighted by Gasteiger charge is 2.21. The van der Waals surface area contributed by atoms with Crippen molar-refractivity contribution < 1.29 is 13.5 Å². The van der Waals surface area contributed by atoms with Gasteiger partial charge in [-0.2, -0.15) is 0 Å². The van der Waals surface area contributed by atoms with Gasteiger partial charge in [-0.1, -0.05) is 19.1 Å². The molecule has 0 saturated heterocycles. The fraction of sp³-hybridized carbons (Fsp3) is 0.316. The molecule has 0 aliphatic carbocycles. The molecule has 0 spiro atoms. The summed E-state index contributed by atoms with van der Waals surface area (Å²) in [6.07, 6.45) is -2.13. The predicted molar refractivity (Wildman–Crippen MR) is 103 cm³/mol. The van der Waals surface area contributed by atoms with Gasteiger partial charge in [-0.3, -0.25) is 14.3 Å². The molecule has 27 heavy (non-hydrogen) atoms. The summed E-state index contributed by atoms with van der Waals surface area (Å²) in [7, 11) is 1.53. The number of halogens is 2. The number of fused-ring (bicyclic) bond motifs is 1. The van der Waals surface area contributed by atoms with Crippen molar-refractivity contribution in [2.75, 3.05) is 7.11 Å². The van der Waals surface area contributed by atoms with Gasteiger partial charge in [-0.15, -0.1) is 0 Å². The molecule has 0 saturated carbocycles. The van der Waals surface area contributed by atoms with E-state index in [0.29, 0.717) is 23.4 Å². The van der Waals surface area contributed by atoms with Crippen LogP contribution in [0.1, 0.15) is 38.3 Å². The number of hydrogen-bond acceptors (Lipinski definition) is 4. The molecule has 0 fully saturated rings. The van der Waals surface area contributed by atoms with Crippen molar-refractivity contribution >= 4 is 23.3 Å². The van der Waals surface area contributed by atoms with Crippen LogP contribution in [0.5, 0.6) is 5.75 Å². The third-order valence-electron chi connectivity index (χ3n) is 4.56. The molecule has 142 valence electrons. The largest absolute Gasteiger partial charge is 0.497 e. The highest BCUT2D eigenvalue weighted by molar-refractivity contribution is 7.71. The van der Waals surface area contributed by atoms with Crippen LogP contribution in [0.25, 0.3) is 22.3 Å². The summed E-state index contributed by atoms with van der Waals surface area (Å²) in [6.45, 7) is 3.85. The molecule has 0 aliphatic rings. The molecule has 3 aromatic rings. The molecular weight excluding hydrogens is 372 g/mol. The average molecular weight is 391 g/mol. The van der Waals surface area contributed by atoms with Gasteiger partial charge in [0, 0.05) is 17.2 Å². The van der Waals surface area contributed by atoms with Crippen LogP contribution >= 0.6 is 12.2 Å². The molecule has 1 N–H and O–H groups in total. The van der Waals surface area contributed by atoms with E-state index in [1.807, 2.05) is 13.8 Å². The second-order valence-corrected chi connectivity index (χ2v) is 6.60. The Bertz CT molecular complexity index is 1110. The minimum Gasteiger partial charge on any atom is -0.497 e. The number of alkyl halides is 2. The first kappa shape index (κ1) is 19.2. The van der Waals surface area contributed by atoms with Gasteiger partial charge in [0.25, 0.3) is 12.0 Å². The van der Waals surface area contributed by atoms with E-state index in [0.717, 1.165) is 0 Å². The van der Waals surface area contributed by atoms with E-state index < -0.39 is 12.0 Å². The zero-order chi connectivity index (χ0) is 19.7. The van der Waals surface area contributed by atoms with Gasteiger partial charge in [0.1, 0.15) is 11.4 Å². The molecule has 0 amide bonds. The van der Waals surface area contributed by atoms with Crippen LogP contribution in [0.15, 0.2) is 35.1 Å². The molecule has 1 unspecified atom stereocenters. The zero-order valence-corrected chi connectivity index (χ0v) is 15.9. The first-order chi connectivity index (χ1) is 12.9. The molecule has 0 bridgehead atoms. The third kappa shape index (κ3) is 3.49. The maximum atomic E-state index is 13.8. The van der Waals surface area contributed by atoms with E-state index in [2.05, 4.69) is 9.97 Å². The SMILES string of the molecule is CCC(C)n1c(=S)[nH]c(=O)c2c(C(F)F)cc(-c3cccc(OC)c3)nc21. The van der Waals surface area contributed by atoms with Gasteiger partial charge in [0.2, 0.25) is 0 Å². The minimum atomic E-state index is -2.83. The quantitative estimate of drug-likeness (QED) is 0.619. The van der Waals surface area contributed by atoms with E-state index >= 15 is 0 Å². The third-order valence-corrected chi connectivity index (χ3v) is 4.86. The molecule has 2 heterocycles. The summed E-state index contributed by atoms with van der Waals surface area (Å²) in [4.78, 5) is 19.4. The monoisotopic (exact) mass is 391 g/mol. The number of pyridine rings is 1. The van der Waals surface area contributed by atoms with Crippen molar-refractivity contribution in [2.24, 2.45) is 0 Å². The Hall–Kier alpha value is -2.61. The van der Waals surface area contributed by atoms with Gasteiger partial charge < -0.3 is 4.74 Å². The summed E-state index contributed by atoms with van der Waals surface area (Å²) >= 11 is 5.28. The molecule has 5 nitrogen and oxygen atoms in total. The van der Waals surface area contributed by atoms with E-state index in [9.17, 15) is 13.6 Å². The zero-order valence-electron chi connectivity index (χ0n) is 15.1. The maximum Gasteiger partial charge on any atom is 0.264 e. The number of aromatic nitrogens is 3. The standard InChI is InChI=1S/C19H19F2N3O2S/c1-4-10(2)24-17-15(18(25)23-19(24)27)13(16(20)21)9-14(22-17)11-6-5-7-12(8-11)26-3/h5-10,16H,4H2,1-3H3,(H,23,25,27). The molecule has 1 atom stereocenters. The van der Waals surface area contributed by atoms with Crippen molar-refractivity contribution in [2.45, 2.75) is 32.7 Å². The summed E-state index contributed by atoms with van der Waals surface area (Å²) in [5.41, 5.74) is 0.0724. The predicted octanol–water partition coefficient (Wildman–Crippen LogP) is 5.04. The number of nitrogens with zero attached hydrogens (tertiary/aromatic N) is 2. The van der Waals surface area contributed by atoms with Crippen LogP contribution in [-0.4, -0.2) is 21.6 Å². The highest BCUT2D eigenvalue weighted by Crippen LogP contribution is 2.31. The van der Waals surface area contributed by atoms with E-state index in [1.54, 1.807) is 28.8 Å². The normalized spacial score (nSPS) is 12.5. The smallest absolute Gasteiger partial charge is 0.264 e. The highest BCUT2D eigenvalue weighted by atomic mass is 32.1. The number of methoxy groups -OCH3 is 1. The number of rotatable bonds is 5. The van der Waals surface area contributed by atoms with Crippen molar-refractivity contribution in [1.29, 1.82) is 0 Å². The molecule has 3 rings (SSSR count). The Morgan fingerprint density at radius 2 is 2.07 bits per heavy atom. The summed E-state index contributed by atoms with van der Waals surface area (Å²) in [5, 5.41) is -0.134. The van der Waals surface area contributed by atoms with E-state index in [1.165, 1.54) is 13.2 Å².